The molecular formula is C12H9Cl3N2O2S. The number of nitrogens with two attached hydrogens (primary N) is 1. The summed E-state index contributed by atoms with van der Waals surface area (Å²) in [6, 6.07) is 8.81. The molecule has 2 aromatic rings. The average molecular weight is 352 g/mol. The Hall–Kier alpha value is -1.14. The van der Waals surface area contributed by atoms with Gasteiger partial charge in [0.1, 0.15) is 4.90 Å². The molecule has 0 aromatic heterocycles. The number of benzene rings is 2. The molecule has 2 rings (SSSR count). The maximum absolute atomic E-state index is 12.3. The van der Waals surface area contributed by atoms with Crippen LogP contribution in [0.5, 0.6) is 0 Å². The van der Waals surface area contributed by atoms with Crippen LogP contribution in [0.25, 0.3) is 0 Å². The number of nitrogen functional groups attached to an aromatic ring is 1. The van der Waals surface area contributed by atoms with Gasteiger partial charge in [-0.05, 0) is 30.3 Å². The summed E-state index contributed by atoms with van der Waals surface area (Å²) in [7, 11) is -3.94. The Balaban J connectivity index is 2.49. The second kappa shape index (κ2) is 5.69. The van der Waals surface area contributed by atoms with Crippen molar-refractivity contribution in [3.63, 3.8) is 0 Å². The van der Waals surface area contributed by atoms with Crippen molar-refractivity contribution in [2.45, 2.75) is 4.90 Å². The fraction of sp³-hybridized carbons (Fsp3) is 0. The Labute approximate surface area is 131 Å². The summed E-state index contributed by atoms with van der Waals surface area (Å²) in [5, 5.41) is 0.619. The van der Waals surface area contributed by atoms with E-state index >= 15 is 0 Å². The van der Waals surface area contributed by atoms with Gasteiger partial charge in [-0.1, -0.05) is 40.9 Å². The van der Waals surface area contributed by atoms with Crippen LogP contribution in [0, 0.1) is 0 Å². The molecule has 3 N–H and O–H groups in total. The van der Waals surface area contributed by atoms with E-state index in [1.807, 2.05) is 0 Å². The number of halogens is 3. The molecule has 0 fully saturated rings. The zero-order chi connectivity index (χ0) is 14.9. The summed E-state index contributed by atoms with van der Waals surface area (Å²) in [6.45, 7) is 0. The molecule has 0 amide bonds. The SMILES string of the molecule is Nc1ccc(Cl)cc1S(=O)(=O)Nc1c(Cl)cccc1Cl. The number of nitrogens with one attached hydrogen (secondary N) is 1. The molecule has 0 spiro atoms. The highest BCUT2D eigenvalue weighted by atomic mass is 35.5. The molecule has 0 radical (unpaired) electrons. The third-order valence-corrected chi connectivity index (χ3v) is 4.73. The van der Waals surface area contributed by atoms with Gasteiger partial charge in [0.15, 0.2) is 0 Å². The predicted molar refractivity (Wildman–Crippen MR) is 83.1 cm³/mol. The van der Waals surface area contributed by atoms with Crippen molar-refractivity contribution >= 4 is 56.2 Å². The highest BCUT2D eigenvalue weighted by Gasteiger charge is 2.20. The maximum atomic E-state index is 12.3. The lowest BCUT2D eigenvalue weighted by Gasteiger charge is -2.12. The Morgan fingerprint density at radius 2 is 1.60 bits per heavy atom. The van der Waals surface area contributed by atoms with Crippen LogP contribution in [-0.2, 0) is 10.0 Å². The molecular weight excluding hydrogens is 343 g/mol. The summed E-state index contributed by atoms with van der Waals surface area (Å²) >= 11 is 17.6. The average Bonchev–Trinajstić information content (AvgIpc) is 2.37. The van der Waals surface area contributed by atoms with Crippen molar-refractivity contribution in [3.05, 3.63) is 51.5 Å². The number of hydrogen-bond donors (Lipinski definition) is 2. The minimum absolute atomic E-state index is 0.0741. The van der Waals surface area contributed by atoms with E-state index in [1.54, 1.807) is 6.07 Å². The second-order valence-electron chi connectivity index (χ2n) is 3.88. The van der Waals surface area contributed by atoms with Crippen LogP contribution in [0.15, 0.2) is 41.3 Å². The number of sulfonamides is 1. The number of para-hydroxylation sites is 1. The van der Waals surface area contributed by atoms with E-state index in [1.165, 1.54) is 30.3 Å². The Morgan fingerprint density at radius 3 is 2.20 bits per heavy atom. The van der Waals surface area contributed by atoms with Gasteiger partial charge in [-0.25, -0.2) is 8.42 Å². The first-order chi connectivity index (χ1) is 9.31. The third kappa shape index (κ3) is 3.12. The highest BCUT2D eigenvalue weighted by molar-refractivity contribution is 7.93. The van der Waals surface area contributed by atoms with Crippen LogP contribution in [0.4, 0.5) is 11.4 Å². The fourth-order valence-electron chi connectivity index (χ4n) is 1.53. The van der Waals surface area contributed by atoms with Gasteiger partial charge in [0.25, 0.3) is 10.0 Å². The molecule has 106 valence electrons. The van der Waals surface area contributed by atoms with Gasteiger partial charge < -0.3 is 5.73 Å². The van der Waals surface area contributed by atoms with Gasteiger partial charge in [0, 0.05) is 5.02 Å². The number of rotatable bonds is 3. The van der Waals surface area contributed by atoms with E-state index < -0.39 is 10.0 Å². The van der Waals surface area contributed by atoms with E-state index in [0.717, 1.165) is 0 Å². The smallest absolute Gasteiger partial charge is 0.264 e. The van der Waals surface area contributed by atoms with Crippen LogP contribution in [0.3, 0.4) is 0 Å². The summed E-state index contributed by atoms with van der Waals surface area (Å²) in [4.78, 5) is -0.138. The molecule has 4 nitrogen and oxygen atoms in total. The topological polar surface area (TPSA) is 72.2 Å². The number of hydrogen-bond acceptors (Lipinski definition) is 3. The number of anilines is 2. The molecule has 0 saturated carbocycles. The van der Waals surface area contributed by atoms with Gasteiger partial charge in [-0.15, -0.1) is 0 Å². The first kappa shape index (κ1) is 15.3. The normalized spacial score (nSPS) is 11.3. The van der Waals surface area contributed by atoms with Crippen LogP contribution < -0.4 is 10.5 Å². The van der Waals surface area contributed by atoms with E-state index in [0.29, 0.717) is 0 Å². The molecule has 0 saturated heterocycles. The molecule has 0 aliphatic heterocycles. The molecule has 0 atom stereocenters. The lowest BCUT2D eigenvalue weighted by molar-refractivity contribution is 0.601. The van der Waals surface area contributed by atoms with Gasteiger partial charge >= 0.3 is 0 Å². The third-order valence-electron chi connectivity index (χ3n) is 2.46. The van der Waals surface area contributed by atoms with Crippen molar-refractivity contribution in [2.24, 2.45) is 0 Å². The Kier molecular flexibility index (Phi) is 4.34. The lowest BCUT2D eigenvalue weighted by Crippen LogP contribution is -2.15. The summed E-state index contributed by atoms with van der Waals surface area (Å²) in [5.41, 5.74) is 5.83. The van der Waals surface area contributed by atoms with Crippen LogP contribution >= 0.6 is 34.8 Å². The second-order valence-corrected chi connectivity index (χ2v) is 6.79. The quantitative estimate of drug-likeness (QED) is 0.820. The van der Waals surface area contributed by atoms with Crippen molar-refractivity contribution < 1.29 is 8.42 Å². The first-order valence-electron chi connectivity index (χ1n) is 5.33. The Bertz CT molecular complexity index is 743. The van der Waals surface area contributed by atoms with Crippen LogP contribution in [-0.4, -0.2) is 8.42 Å². The monoisotopic (exact) mass is 350 g/mol. The molecule has 0 unspecified atom stereocenters. The molecule has 20 heavy (non-hydrogen) atoms. The van der Waals surface area contributed by atoms with Crippen molar-refractivity contribution in [1.82, 2.24) is 0 Å². The minimum atomic E-state index is -3.94. The molecule has 0 aliphatic rings. The molecule has 8 heteroatoms. The van der Waals surface area contributed by atoms with E-state index in [9.17, 15) is 8.42 Å². The van der Waals surface area contributed by atoms with Crippen molar-refractivity contribution in [3.8, 4) is 0 Å². The van der Waals surface area contributed by atoms with Crippen molar-refractivity contribution in [2.75, 3.05) is 10.5 Å². The van der Waals surface area contributed by atoms with Gasteiger partial charge in [-0.3, -0.25) is 4.72 Å². The molecule has 2 aromatic carbocycles. The molecule has 0 aliphatic carbocycles. The van der Waals surface area contributed by atoms with Gasteiger partial charge in [-0.2, -0.15) is 0 Å². The van der Waals surface area contributed by atoms with Crippen LogP contribution in [0.2, 0.25) is 15.1 Å². The highest BCUT2D eigenvalue weighted by Crippen LogP contribution is 2.33. The minimum Gasteiger partial charge on any atom is -0.398 e. The predicted octanol–water partition coefficient (Wildman–Crippen LogP) is 4.03. The summed E-state index contributed by atoms with van der Waals surface area (Å²) in [5.74, 6) is 0. The molecule has 0 bridgehead atoms. The zero-order valence-electron chi connectivity index (χ0n) is 9.90. The lowest BCUT2D eigenvalue weighted by atomic mass is 10.3. The van der Waals surface area contributed by atoms with Gasteiger partial charge in [0.2, 0.25) is 0 Å². The van der Waals surface area contributed by atoms with E-state index in [4.69, 9.17) is 40.5 Å². The van der Waals surface area contributed by atoms with Gasteiger partial charge in [0.05, 0.1) is 21.4 Å². The van der Waals surface area contributed by atoms with E-state index in [-0.39, 0.29) is 31.3 Å². The Morgan fingerprint density at radius 1 is 1.00 bits per heavy atom. The summed E-state index contributed by atoms with van der Waals surface area (Å²) < 4.78 is 26.9. The van der Waals surface area contributed by atoms with Crippen molar-refractivity contribution in [1.29, 1.82) is 0 Å². The maximum Gasteiger partial charge on any atom is 0.264 e. The largest absolute Gasteiger partial charge is 0.398 e. The standard InChI is InChI=1S/C12H9Cl3N2O2S/c13-7-4-5-10(16)11(6-7)20(18,19)17-12-8(14)2-1-3-9(12)15/h1-6,17H,16H2. The molecule has 0 heterocycles. The fourth-order valence-corrected chi connectivity index (χ4v) is 3.63. The van der Waals surface area contributed by atoms with E-state index in [2.05, 4.69) is 4.72 Å². The summed E-state index contributed by atoms with van der Waals surface area (Å²) in [6.07, 6.45) is 0. The van der Waals surface area contributed by atoms with Crippen LogP contribution in [0.1, 0.15) is 0 Å². The first-order valence-corrected chi connectivity index (χ1v) is 7.95. The zero-order valence-corrected chi connectivity index (χ0v) is 13.0.